The molecule has 1 heterocycles. The second kappa shape index (κ2) is 11.3. The maximum Gasteiger partial charge on any atom is 0.409 e. The lowest BCUT2D eigenvalue weighted by Gasteiger charge is -2.39. The fraction of sp³-hybridized carbons (Fsp3) is 0.720. The van der Waals surface area contributed by atoms with E-state index in [1.807, 2.05) is 6.07 Å². The number of benzene rings is 1. The molecule has 2 aliphatic carbocycles. The van der Waals surface area contributed by atoms with E-state index in [4.69, 9.17) is 9.47 Å². The summed E-state index contributed by atoms with van der Waals surface area (Å²) in [4.78, 5) is 14.1. The molecule has 1 amide bonds. The quantitative estimate of drug-likeness (QED) is 0.528. The van der Waals surface area contributed by atoms with Crippen molar-refractivity contribution in [2.24, 2.45) is 5.92 Å². The third-order valence-corrected chi connectivity index (χ3v) is 9.12. The predicted molar refractivity (Wildman–Crippen MR) is 131 cm³/mol. The van der Waals surface area contributed by atoms with Crippen molar-refractivity contribution in [1.29, 1.82) is 0 Å². The molecule has 8 nitrogen and oxygen atoms in total. The van der Waals surface area contributed by atoms with E-state index < -0.39 is 28.0 Å². The van der Waals surface area contributed by atoms with E-state index in [9.17, 15) is 22.0 Å². The van der Waals surface area contributed by atoms with Crippen LogP contribution in [-0.2, 0) is 19.7 Å². The van der Waals surface area contributed by atoms with Crippen LogP contribution in [0.3, 0.4) is 0 Å². The Morgan fingerprint density at radius 1 is 1.19 bits per heavy atom. The molecule has 2 atom stereocenters. The number of rotatable bonds is 9. The van der Waals surface area contributed by atoms with Crippen molar-refractivity contribution in [3.63, 3.8) is 0 Å². The number of hydrogen-bond donors (Lipinski definition) is 1. The number of hydrogen-bond acceptors (Lipinski definition) is 5. The molecule has 1 aromatic carbocycles. The van der Waals surface area contributed by atoms with Gasteiger partial charge in [0.15, 0.2) is 0 Å². The van der Waals surface area contributed by atoms with E-state index >= 15 is 0 Å². The Morgan fingerprint density at radius 3 is 2.56 bits per heavy atom. The van der Waals surface area contributed by atoms with Gasteiger partial charge in [-0.2, -0.15) is 17.4 Å². The van der Waals surface area contributed by atoms with Crippen LogP contribution in [0.5, 0.6) is 0 Å². The Hall–Kier alpha value is -1.82. The number of piperidine rings is 1. The van der Waals surface area contributed by atoms with Crippen LogP contribution in [0.15, 0.2) is 24.3 Å². The molecule has 3 aliphatic rings. The molecule has 0 spiro atoms. The van der Waals surface area contributed by atoms with Crippen LogP contribution in [0.1, 0.15) is 56.4 Å². The standard InChI is InChI=1S/C25H37F2N3O5S/c1-29(2)36(32,33)28-23-10-13-30(24(31)35-17-25(27)11-12-25)15-20(23)16-34-22-8-6-18(7-9-22)19-4-3-5-21(26)14-19/h3-5,14,18,20,22-23,28H,6-13,15-17H2,1-2H3/t18-,20-,22+,23?/m0/s1. The summed E-state index contributed by atoms with van der Waals surface area (Å²) in [5.74, 6) is -0.205. The average molecular weight is 530 g/mol. The number of nitrogens with zero attached hydrogens (tertiary/aromatic N) is 2. The monoisotopic (exact) mass is 529 g/mol. The lowest BCUT2D eigenvalue weighted by Crippen LogP contribution is -2.55. The molecule has 1 N–H and O–H groups in total. The van der Waals surface area contributed by atoms with Gasteiger partial charge in [-0.25, -0.2) is 13.6 Å². The maximum atomic E-state index is 13.9. The van der Waals surface area contributed by atoms with Crippen LogP contribution in [0.4, 0.5) is 13.6 Å². The summed E-state index contributed by atoms with van der Waals surface area (Å²) >= 11 is 0. The highest BCUT2D eigenvalue weighted by Gasteiger charge is 2.45. The molecule has 11 heteroatoms. The highest BCUT2D eigenvalue weighted by atomic mass is 32.2. The van der Waals surface area contributed by atoms with Crippen LogP contribution < -0.4 is 4.72 Å². The van der Waals surface area contributed by atoms with Gasteiger partial charge in [0.1, 0.15) is 18.1 Å². The largest absolute Gasteiger partial charge is 0.446 e. The number of halogens is 2. The average Bonchev–Trinajstić information content (AvgIpc) is 3.59. The highest BCUT2D eigenvalue weighted by molar-refractivity contribution is 7.87. The van der Waals surface area contributed by atoms with Gasteiger partial charge in [0.25, 0.3) is 10.2 Å². The number of amides is 1. The first kappa shape index (κ1) is 27.2. The molecule has 0 radical (unpaired) electrons. The smallest absolute Gasteiger partial charge is 0.409 e. The summed E-state index contributed by atoms with van der Waals surface area (Å²) in [5, 5.41) is 0. The first-order chi connectivity index (χ1) is 17.0. The Balaban J connectivity index is 1.33. The van der Waals surface area contributed by atoms with E-state index in [2.05, 4.69) is 4.72 Å². The molecule has 0 aromatic heterocycles. The molecule has 2 saturated carbocycles. The molecular formula is C25H37F2N3O5S. The van der Waals surface area contributed by atoms with Gasteiger partial charge < -0.3 is 14.4 Å². The van der Waals surface area contributed by atoms with Crippen LogP contribution in [0, 0.1) is 11.7 Å². The van der Waals surface area contributed by atoms with Gasteiger partial charge in [0.2, 0.25) is 0 Å². The second-order valence-corrected chi connectivity index (χ2v) is 12.5. The number of nitrogens with one attached hydrogen (secondary N) is 1. The molecule has 0 bridgehead atoms. The topological polar surface area (TPSA) is 88.2 Å². The molecule has 4 rings (SSSR count). The summed E-state index contributed by atoms with van der Waals surface area (Å²) in [7, 11) is -0.741. The van der Waals surface area contributed by atoms with Gasteiger partial charge in [0.05, 0.1) is 12.7 Å². The molecular weight excluding hydrogens is 492 g/mol. The zero-order chi connectivity index (χ0) is 25.9. The van der Waals surface area contributed by atoms with Crippen molar-refractivity contribution in [1.82, 2.24) is 13.9 Å². The Morgan fingerprint density at radius 2 is 1.92 bits per heavy atom. The summed E-state index contributed by atoms with van der Waals surface area (Å²) < 4.78 is 67.7. The summed E-state index contributed by atoms with van der Waals surface area (Å²) in [6, 6.07) is 6.34. The van der Waals surface area contributed by atoms with E-state index in [0.29, 0.717) is 31.7 Å². The van der Waals surface area contributed by atoms with Gasteiger partial charge in [-0.3, -0.25) is 0 Å². The van der Waals surface area contributed by atoms with Crippen LogP contribution >= 0.6 is 0 Å². The lowest BCUT2D eigenvalue weighted by atomic mass is 9.82. The summed E-state index contributed by atoms with van der Waals surface area (Å²) in [6.45, 7) is 0.618. The first-order valence-corrected chi connectivity index (χ1v) is 14.2. The highest BCUT2D eigenvalue weighted by Crippen LogP contribution is 2.40. The molecule has 1 saturated heterocycles. The van der Waals surface area contributed by atoms with E-state index in [1.54, 1.807) is 12.1 Å². The van der Waals surface area contributed by atoms with Gasteiger partial charge >= 0.3 is 6.09 Å². The van der Waals surface area contributed by atoms with Crippen molar-refractivity contribution in [2.75, 3.05) is 40.4 Å². The Kier molecular flexibility index (Phi) is 8.53. The molecule has 36 heavy (non-hydrogen) atoms. The molecule has 3 fully saturated rings. The van der Waals surface area contributed by atoms with Crippen LogP contribution in [0.2, 0.25) is 0 Å². The van der Waals surface area contributed by atoms with Crippen molar-refractivity contribution >= 4 is 16.3 Å². The fourth-order valence-corrected chi connectivity index (χ4v) is 5.87. The third kappa shape index (κ3) is 7.14. The van der Waals surface area contributed by atoms with Gasteiger partial charge in [-0.05, 0) is 68.6 Å². The van der Waals surface area contributed by atoms with Crippen molar-refractivity contribution in [3.05, 3.63) is 35.6 Å². The zero-order valence-electron chi connectivity index (χ0n) is 21.0. The van der Waals surface area contributed by atoms with Gasteiger partial charge in [0, 0.05) is 39.1 Å². The number of carbonyl (C=O) groups is 1. The predicted octanol–water partition coefficient (Wildman–Crippen LogP) is 3.59. The van der Waals surface area contributed by atoms with Crippen LogP contribution in [-0.4, -0.2) is 81.9 Å². The number of alkyl halides is 1. The van der Waals surface area contributed by atoms with Crippen molar-refractivity contribution in [3.8, 4) is 0 Å². The second-order valence-electron chi connectivity index (χ2n) is 10.6. The zero-order valence-corrected chi connectivity index (χ0v) is 21.8. The van der Waals surface area contributed by atoms with Crippen LogP contribution in [0.25, 0.3) is 0 Å². The molecule has 1 aliphatic heterocycles. The Labute approximate surface area is 212 Å². The number of likely N-dealkylation sites (tertiary alicyclic amines) is 1. The van der Waals surface area contributed by atoms with Crippen molar-refractivity contribution < 1.29 is 31.5 Å². The summed E-state index contributed by atoms with van der Waals surface area (Å²) in [6.07, 6.45) is 4.09. The first-order valence-electron chi connectivity index (χ1n) is 12.7. The maximum absolute atomic E-state index is 13.9. The normalized spacial score (nSPS) is 28.2. The minimum absolute atomic E-state index is 0.0181. The van der Waals surface area contributed by atoms with E-state index in [1.165, 1.54) is 25.1 Å². The van der Waals surface area contributed by atoms with Crippen molar-refractivity contribution in [2.45, 2.75) is 68.7 Å². The van der Waals surface area contributed by atoms with Gasteiger partial charge in [-0.15, -0.1) is 0 Å². The molecule has 1 unspecified atom stereocenters. The molecule has 202 valence electrons. The SMILES string of the molecule is CN(C)S(=O)(=O)NC1CCN(C(=O)OCC2(F)CC2)C[C@H]1CO[C@H]1CC[C@@H](c2cccc(F)c2)CC1. The third-order valence-electron chi connectivity index (χ3n) is 7.56. The Bertz CT molecular complexity index is 1010. The number of carbonyl (C=O) groups excluding carboxylic acids is 1. The molecule has 1 aromatic rings. The minimum atomic E-state index is -3.66. The summed E-state index contributed by atoms with van der Waals surface area (Å²) in [5.41, 5.74) is -0.378. The van der Waals surface area contributed by atoms with Gasteiger partial charge in [-0.1, -0.05) is 12.1 Å². The van der Waals surface area contributed by atoms with E-state index in [-0.39, 0.29) is 37.6 Å². The fourth-order valence-electron chi connectivity index (χ4n) is 4.96. The lowest BCUT2D eigenvalue weighted by molar-refractivity contribution is -0.0182. The minimum Gasteiger partial charge on any atom is -0.446 e. The number of ether oxygens (including phenoxy) is 2. The van der Waals surface area contributed by atoms with E-state index in [0.717, 1.165) is 35.6 Å².